The van der Waals surface area contributed by atoms with Gasteiger partial charge in [0, 0.05) is 17.7 Å². The van der Waals surface area contributed by atoms with Gasteiger partial charge in [0.25, 0.3) is 5.69 Å². The zero-order valence-corrected chi connectivity index (χ0v) is 12.6. The lowest BCUT2D eigenvalue weighted by Gasteiger charge is -2.32. The summed E-state index contributed by atoms with van der Waals surface area (Å²) in [5.74, 6) is 1.09. The minimum absolute atomic E-state index is 0.0195. The normalized spacial score (nSPS) is 23.6. The van der Waals surface area contributed by atoms with E-state index in [4.69, 9.17) is 4.74 Å². The fourth-order valence-corrected chi connectivity index (χ4v) is 3.04. The van der Waals surface area contributed by atoms with E-state index in [2.05, 4.69) is 6.92 Å². The molecule has 0 aromatic heterocycles. The summed E-state index contributed by atoms with van der Waals surface area (Å²) in [4.78, 5) is 10.4. The SMILES string of the molecule is CCC1CCCCC1Oc1ccc([N+](=O)[O-])cc1[C@H](C)O. The van der Waals surface area contributed by atoms with Crippen molar-refractivity contribution in [3.63, 3.8) is 0 Å². The van der Waals surface area contributed by atoms with E-state index >= 15 is 0 Å². The molecule has 0 heterocycles. The molecule has 5 heteroatoms. The molecule has 1 aromatic rings. The van der Waals surface area contributed by atoms with E-state index in [0.29, 0.717) is 17.2 Å². The molecule has 1 aliphatic carbocycles. The second-order valence-corrected chi connectivity index (χ2v) is 5.76. The van der Waals surface area contributed by atoms with Crippen LogP contribution in [0.5, 0.6) is 5.75 Å². The molecule has 2 rings (SSSR count). The molecule has 116 valence electrons. The van der Waals surface area contributed by atoms with Gasteiger partial charge in [0.05, 0.1) is 11.0 Å². The first-order valence-corrected chi connectivity index (χ1v) is 7.66. The number of aliphatic hydroxyl groups is 1. The van der Waals surface area contributed by atoms with Crippen molar-refractivity contribution in [2.24, 2.45) is 5.92 Å². The fourth-order valence-electron chi connectivity index (χ4n) is 3.04. The molecule has 0 bridgehead atoms. The molecule has 0 amide bonds. The molecule has 0 aliphatic heterocycles. The minimum Gasteiger partial charge on any atom is -0.490 e. The van der Waals surface area contributed by atoms with Gasteiger partial charge in [-0.15, -0.1) is 0 Å². The first-order chi connectivity index (χ1) is 10.0. The molecule has 1 aromatic carbocycles. The van der Waals surface area contributed by atoms with Gasteiger partial charge >= 0.3 is 0 Å². The van der Waals surface area contributed by atoms with E-state index in [1.54, 1.807) is 13.0 Å². The van der Waals surface area contributed by atoms with E-state index in [-0.39, 0.29) is 11.8 Å². The molecule has 3 atom stereocenters. The summed E-state index contributed by atoms with van der Waals surface area (Å²) < 4.78 is 6.10. The van der Waals surface area contributed by atoms with Gasteiger partial charge in [-0.1, -0.05) is 13.3 Å². The van der Waals surface area contributed by atoms with Gasteiger partial charge in [-0.05, 0) is 44.6 Å². The third-order valence-electron chi connectivity index (χ3n) is 4.30. The van der Waals surface area contributed by atoms with Crippen molar-refractivity contribution >= 4 is 5.69 Å². The van der Waals surface area contributed by atoms with Gasteiger partial charge in [-0.25, -0.2) is 0 Å². The highest BCUT2D eigenvalue weighted by atomic mass is 16.6. The average Bonchev–Trinajstić information content (AvgIpc) is 2.47. The first kappa shape index (κ1) is 15.8. The number of nitrogens with zero attached hydrogens (tertiary/aromatic N) is 1. The number of aliphatic hydroxyl groups excluding tert-OH is 1. The Balaban J connectivity index is 2.24. The van der Waals surface area contributed by atoms with E-state index < -0.39 is 11.0 Å². The lowest BCUT2D eigenvalue weighted by molar-refractivity contribution is -0.385. The maximum absolute atomic E-state index is 10.9. The summed E-state index contributed by atoms with van der Waals surface area (Å²) >= 11 is 0. The van der Waals surface area contributed by atoms with Gasteiger partial charge < -0.3 is 9.84 Å². The van der Waals surface area contributed by atoms with Crippen molar-refractivity contribution in [3.05, 3.63) is 33.9 Å². The zero-order chi connectivity index (χ0) is 15.4. The third-order valence-corrected chi connectivity index (χ3v) is 4.30. The maximum atomic E-state index is 10.9. The van der Waals surface area contributed by atoms with Crippen LogP contribution in [-0.4, -0.2) is 16.1 Å². The van der Waals surface area contributed by atoms with Gasteiger partial charge in [0.15, 0.2) is 0 Å². The molecule has 0 saturated heterocycles. The van der Waals surface area contributed by atoms with E-state index in [1.165, 1.54) is 18.6 Å². The van der Waals surface area contributed by atoms with Crippen molar-refractivity contribution in [2.45, 2.75) is 58.2 Å². The maximum Gasteiger partial charge on any atom is 0.270 e. The van der Waals surface area contributed by atoms with Crippen LogP contribution in [0.4, 0.5) is 5.69 Å². The second-order valence-electron chi connectivity index (χ2n) is 5.76. The standard InChI is InChI=1S/C16H23NO4/c1-3-12-6-4-5-7-15(12)21-16-9-8-13(17(19)20)10-14(16)11(2)18/h8-12,15,18H,3-7H2,1-2H3/t11-,12?,15?/m0/s1. The number of hydrogen-bond acceptors (Lipinski definition) is 4. The van der Waals surface area contributed by atoms with Crippen LogP contribution in [0.15, 0.2) is 18.2 Å². The average molecular weight is 293 g/mol. The number of hydrogen-bond donors (Lipinski definition) is 1. The molecular weight excluding hydrogens is 270 g/mol. The zero-order valence-electron chi connectivity index (χ0n) is 12.6. The molecule has 1 N–H and O–H groups in total. The topological polar surface area (TPSA) is 72.6 Å². The summed E-state index contributed by atoms with van der Waals surface area (Å²) in [7, 11) is 0. The smallest absolute Gasteiger partial charge is 0.270 e. The molecule has 1 saturated carbocycles. The largest absolute Gasteiger partial charge is 0.490 e. The van der Waals surface area contributed by atoms with Gasteiger partial charge in [-0.3, -0.25) is 10.1 Å². The van der Waals surface area contributed by atoms with Crippen LogP contribution in [-0.2, 0) is 0 Å². The van der Waals surface area contributed by atoms with Crippen LogP contribution in [0.3, 0.4) is 0 Å². The number of ether oxygens (including phenoxy) is 1. The molecule has 0 radical (unpaired) electrons. The van der Waals surface area contributed by atoms with Crippen LogP contribution >= 0.6 is 0 Å². The van der Waals surface area contributed by atoms with E-state index in [0.717, 1.165) is 25.7 Å². The Labute approximate surface area is 125 Å². The number of nitro benzene ring substituents is 1. The Kier molecular flexibility index (Phi) is 5.17. The number of rotatable bonds is 5. The quantitative estimate of drug-likeness (QED) is 0.658. The van der Waals surface area contributed by atoms with Crippen LogP contribution in [0.2, 0.25) is 0 Å². The highest BCUT2D eigenvalue weighted by Gasteiger charge is 2.27. The van der Waals surface area contributed by atoms with Crippen LogP contribution in [0.25, 0.3) is 0 Å². The van der Waals surface area contributed by atoms with Crippen molar-refractivity contribution in [1.82, 2.24) is 0 Å². The van der Waals surface area contributed by atoms with Gasteiger partial charge in [-0.2, -0.15) is 0 Å². The Bertz CT molecular complexity index is 501. The second kappa shape index (κ2) is 6.89. The molecule has 2 unspecified atom stereocenters. The van der Waals surface area contributed by atoms with E-state index in [9.17, 15) is 15.2 Å². The van der Waals surface area contributed by atoms with E-state index in [1.807, 2.05) is 0 Å². The molecule has 1 aliphatic rings. The molecule has 21 heavy (non-hydrogen) atoms. The Morgan fingerprint density at radius 2 is 2.14 bits per heavy atom. The van der Waals surface area contributed by atoms with Gasteiger partial charge in [0.1, 0.15) is 11.9 Å². The minimum atomic E-state index is -0.788. The summed E-state index contributed by atoms with van der Waals surface area (Å²) in [5.41, 5.74) is 0.471. The Morgan fingerprint density at radius 3 is 2.76 bits per heavy atom. The highest BCUT2D eigenvalue weighted by molar-refractivity contribution is 5.45. The van der Waals surface area contributed by atoms with Crippen molar-refractivity contribution in [1.29, 1.82) is 0 Å². The summed E-state index contributed by atoms with van der Waals surface area (Å²) in [5, 5.41) is 20.7. The van der Waals surface area contributed by atoms with Crippen molar-refractivity contribution in [2.75, 3.05) is 0 Å². The molecule has 1 fully saturated rings. The molecule has 0 spiro atoms. The summed E-state index contributed by atoms with van der Waals surface area (Å²) in [6, 6.07) is 4.45. The number of nitro groups is 1. The number of non-ortho nitro benzene ring substituents is 1. The monoisotopic (exact) mass is 293 g/mol. The van der Waals surface area contributed by atoms with Crippen LogP contribution in [0.1, 0.15) is 57.6 Å². The third kappa shape index (κ3) is 3.73. The predicted molar refractivity (Wildman–Crippen MR) is 80.4 cm³/mol. The van der Waals surface area contributed by atoms with Crippen molar-refractivity contribution < 1.29 is 14.8 Å². The Hall–Kier alpha value is -1.62. The molecular formula is C16H23NO4. The first-order valence-electron chi connectivity index (χ1n) is 7.66. The Morgan fingerprint density at radius 1 is 1.43 bits per heavy atom. The summed E-state index contributed by atoms with van der Waals surface area (Å²) in [6.07, 6.45) is 4.99. The van der Waals surface area contributed by atoms with Crippen LogP contribution < -0.4 is 4.74 Å². The van der Waals surface area contributed by atoms with Gasteiger partial charge in [0.2, 0.25) is 0 Å². The predicted octanol–water partition coefficient (Wildman–Crippen LogP) is 4.00. The number of benzene rings is 1. The highest BCUT2D eigenvalue weighted by Crippen LogP contribution is 2.35. The lowest BCUT2D eigenvalue weighted by Crippen LogP contribution is -2.30. The van der Waals surface area contributed by atoms with Crippen molar-refractivity contribution in [3.8, 4) is 5.75 Å². The fraction of sp³-hybridized carbons (Fsp3) is 0.625. The van der Waals surface area contributed by atoms with Crippen LogP contribution in [0, 0.1) is 16.0 Å². The molecule has 5 nitrogen and oxygen atoms in total. The summed E-state index contributed by atoms with van der Waals surface area (Å²) in [6.45, 7) is 3.77. The lowest BCUT2D eigenvalue weighted by atomic mass is 9.84.